The molecule has 4 nitrogen and oxygen atoms in total. The van der Waals surface area contributed by atoms with Gasteiger partial charge in [-0.05, 0) is 37.5 Å². The number of hydrogen-bond donors (Lipinski definition) is 2. The molecule has 0 amide bonds. The topological polar surface area (TPSA) is 57.9 Å². The molecule has 0 saturated carbocycles. The third-order valence-corrected chi connectivity index (χ3v) is 3.06. The fourth-order valence-corrected chi connectivity index (χ4v) is 2.11. The summed E-state index contributed by atoms with van der Waals surface area (Å²) in [5.41, 5.74) is 4.84. The molecule has 4 heteroatoms. The number of aromatic nitrogens is 2. The van der Waals surface area contributed by atoms with Crippen LogP contribution in [0.25, 0.3) is 11.3 Å². The van der Waals surface area contributed by atoms with Crippen molar-refractivity contribution < 1.29 is 4.74 Å². The number of H-pyrrole nitrogens is 2. The van der Waals surface area contributed by atoms with Crippen molar-refractivity contribution in [1.82, 2.24) is 9.97 Å². The molecule has 0 radical (unpaired) electrons. The van der Waals surface area contributed by atoms with Crippen LogP contribution in [0.4, 0.5) is 0 Å². The van der Waals surface area contributed by atoms with E-state index in [0.29, 0.717) is 0 Å². The first kappa shape index (κ1) is 11.5. The third kappa shape index (κ3) is 1.86. The number of ether oxygens (including phenoxy) is 1. The fourth-order valence-electron chi connectivity index (χ4n) is 2.11. The number of hydrogen-bond acceptors (Lipinski definition) is 2. The van der Waals surface area contributed by atoms with Gasteiger partial charge >= 0.3 is 5.69 Å². The maximum Gasteiger partial charge on any atom is 0.323 e. The molecule has 0 fully saturated rings. The summed E-state index contributed by atoms with van der Waals surface area (Å²) in [6.45, 7) is 6.08. The summed E-state index contributed by atoms with van der Waals surface area (Å²) in [6, 6.07) is 2.10. The fraction of sp³-hybridized carbons (Fsp3) is 0.308. The van der Waals surface area contributed by atoms with Gasteiger partial charge in [-0.15, -0.1) is 0 Å². The van der Waals surface area contributed by atoms with Crippen LogP contribution in [-0.4, -0.2) is 17.1 Å². The van der Waals surface area contributed by atoms with Gasteiger partial charge in [-0.1, -0.05) is 6.07 Å². The highest BCUT2D eigenvalue weighted by molar-refractivity contribution is 5.73. The molecule has 1 aromatic carbocycles. The van der Waals surface area contributed by atoms with Crippen molar-refractivity contribution in [2.24, 2.45) is 0 Å². The molecule has 90 valence electrons. The maximum absolute atomic E-state index is 11.2. The van der Waals surface area contributed by atoms with E-state index in [9.17, 15) is 4.79 Å². The Morgan fingerprint density at radius 2 is 1.88 bits per heavy atom. The molecule has 1 heterocycles. The van der Waals surface area contributed by atoms with Crippen LogP contribution in [0.15, 0.2) is 17.1 Å². The van der Waals surface area contributed by atoms with Crippen molar-refractivity contribution >= 4 is 0 Å². The van der Waals surface area contributed by atoms with Gasteiger partial charge in [0.15, 0.2) is 0 Å². The van der Waals surface area contributed by atoms with Crippen molar-refractivity contribution in [2.75, 3.05) is 7.11 Å². The molecule has 1 aromatic heterocycles. The lowest BCUT2D eigenvalue weighted by Gasteiger charge is -2.15. The second kappa shape index (κ2) is 4.13. The Hall–Kier alpha value is -1.97. The molecule has 2 N–H and O–H groups in total. The molecule has 0 aliphatic heterocycles. The van der Waals surface area contributed by atoms with E-state index in [0.717, 1.165) is 28.1 Å². The molecule has 0 saturated heterocycles. The average molecular weight is 232 g/mol. The van der Waals surface area contributed by atoms with Gasteiger partial charge in [0.1, 0.15) is 5.75 Å². The van der Waals surface area contributed by atoms with E-state index in [-0.39, 0.29) is 5.69 Å². The standard InChI is InChI=1S/C13H16N2O2/c1-7-5-8(2)11(12(17-4)9(7)3)10-6-14-13(16)15-10/h5-6H,1-4H3,(H2,14,15,16). The van der Waals surface area contributed by atoms with E-state index in [1.165, 1.54) is 5.56 Å². The lowest BCUT2D eigenvalue weighted by molar-refractivity contribution is 0.412. The van der Waals surface area contributed by atoms with E-state index in [4.69, 9.17) is 4.74 Å². The van der Waals surface area contributed by atoms with Crippen LogP contribution >= 0.6 is 0 Å². The smallest absolute Gasteiger partial charge is 0.323 e. The Bertz CT molecular complexity index is 608. The van der Waals surface area contributed by atoms with Gasteiger partial charge in [-0.25, -0.2) is 4.79 Å². The first-order chi connectivity index (χ1) is 8.04. The van der Waals surface area contributed by atoms with Crippen LogP contribution in [0.5, 0.6) is 5.75 Å². The predicted molar refractivity (Wildman–Crippen MR) is 67.6 cm³/mol. The summed E-state index contributed by atoms with van der Waals surface area (Å²) >= 11 is 0. The third-order valence-electron chi connectivity index (χ3n) is 3.06. The Morgan fingerprint density at radius 3 is 2.41 bits per heavy atom. The van der Waals surface area contributed by atoms with E-state index >= 15 is 0 Å². The second-order valence-corrected chi connectivity index (χ2v) is 4.20. The number of aryl methyl sites for hydroxylation is 2. The molecule has 17 heavy (non-hydrogen) atoms. The molecular weight excluding hydrogens is 216 g/mol. The van der Waals surface area contributed by atoms with Gasteiger partial charge in [-0.2, -0.15) is 0 Å². The van der Waals surface area contributed by atoms with Crippen LogP contribution in [0.3, 0.4) is 0 Å². The van der Waals surface area contributed by atoms with E-state index in [2.05, 4.69) is 23.0 Å². The van der Waals surface area contributed by atoms with Gasteiger partial charge < -0.3 is 14.7 Å². The molecule has 0 spiro atoms. The van der Waals surface area contributed by atoms with Crippen molar-refractivity contribution in [2.45, 2.75) is 20.8 Å². The van der Waals surface area contributed by atoms with E-state index in [1.54, 1.807) is 13.3 Å². The zero-order chi connectivity index (χ0) is 12.6. The van der Waals surface area contributed by atoms with Crippen molar-refractivity contribution in [1.29, 1.82) is 0 Å². The lowest BCUT2D eigenvalue weighted by Crippen LogP contribution is -2.01. The summed E-state index contributed by atoms with van der Waals surface area (Å²) in [7, 11) is 1.65. The highest BCUT2D eigenvalue weighted by Crippen LogP contribution is 2.36. The Kier molecular flexibility index (Phi) is 2.79. The van der Waals surface area contributed by atoms with Crippen LogP contribution in [0.1, 0.15) is 16.7 Å². The molecule has 0 unspecified atom stereocenters. The average Bonchev–Trinajstić information content (AvgIpc) is 2.69. The quantitative estimate of drug-likeness (QED) is 0.834. The van der Waals surface area contributed by atoms with Gasteiger partial charge in [0.05, 0.1) is 12.8 Å². The van der Waals surface area contributed by atoms with Crippen LogP contribution in [0.2, 0.25) is 0 Å². The minimum absolute atomic E-state index is 0.209. The van der Waals surface area contributed by atoms with Gasteiger partial charge in [0, 0.05) is 11.8 Å². The zero-order valence-electron chi connectivity index (χ0n) is 10.5. The number of benzene rings is 1. The van der Waals surface area contributed by atoms with Crippen molar-refractivity contribution in [3.63, 3.8) is 0 Å². The number of rotatable bonds is 2. The highest BCUT2D eigenvalue weighted by Gasteiger charge is 2.15. The highest BCUT2D eigenvalue weighted by atomic mass is 16.5. The van der Waals surface area contributed by atoms with Crippen LogP contribution in [-0.2, 0) is 0 Å². The maximum atomic E-state index is 11.2. The largest absolute Gasteiger partial charge is 0.496 e. The van der Waals surface area contributed by atoms with Crippen LogP contribution in [0, 0.1) is 20.8 Å². The Morgan fingerprint density at radius 1 is 1.18 bits per heavy atom. The number of methoxy groups -OCH3 is 1. The summed E-state index contributed by atoms with van der Waals surface area (Å²) in [5.74, 6) is 0.817. The van der Waals surface area contributed by atoms with E-state index < -0.39 is 0 Å². The number of nitrogens with one attached hydrogen (secondary N) is 2. The molecule has 0 bridgehead atoms. The Labute approximate surface area is 99.7 Å². The van der Waals surface area contributed by atoms with Crippen molar-refractivity contribution in [3.8, 4) is 17.0 Å². The summed E-state index contributed by atoms with van der Waals surface area (Å²) in [4.78, 5) is 16.6. The molecule has 2 rings (SSSR count). The first-order valence-corrected chi connectivity index (χ1v) is 5.47. The minimum Gasteiger partial charge on any atom is -0.496 e. The molecule has 2 aromatic rings. The van der Waals surface area contributed by atoms with Crippen molar-refractivity contribution in [3.05, 3.63) is 39.4 Å². The lowest BCUT2D eigenvalue weighted by atomic mass is 9.97. The summed E-state index contributed by atoms with van der Waals surface area (Å²) in [5, 5.41) is 0. The molecule has 0 aliphatic rings. The predicted octanol–water partition coefficient (Wildman–Crippen LogP) is 2.30. The first-order valence-electron chi connectivity index (χ1n) is 5.47. The minimum atomic E-state index is -0.209. The number of imidazole rings is 1. The van der Waals surface area contributed by atoms with Gasteiger partial charge in [0.2, 0.25) is 0 Å². The zero-order valence-corrected chi connectivity index (χ0v) is 10.5. The van der Waals surface area contributed by atoms with Gasteiger partial charge in [0.25, 0.3) is 0 Å². The molecule has 0 aliphatic carbocycles. The molecular formula is C13H16N2O2. The Balaban J connectivity index is 2.76. The summed E-state index contributed by atoms with van der Waals surface area (Å²) < 4.78 is 5.47. The van der Waals surface area contributed by atoms with E-state index in [1.807, 2.05) is 13.8 Å². The molecule has 0 atom stereocenters. The SMILES string of the molecule is COc1c(C)c(C)cc(C)c1-c1c[nH]c(=O)[nH]1. The monoisotopic (exact) mass is 232 g/mol. The number of aromatic amines is 2. The van der Waals surface area contributed by atoms with Gasteiger partial charge in [-0.3, -0.25) is 0 Å². The second-order valence-electron chi connectivity index (χ2n) is 4.20. The normalized spacial score (nSPS) is 10.6. The summed E-state index contributed by atoms with van der Waals surface area (Å²) in [6.07, 6.45) is 1.67. The van der Waals surface area contributed by atoms with Crippen LogP contribution < -0.4 is 10.4 Å².